The molecule has 0 aliphatic carbocycles. The van der Waals surface area contributed by atoms with Crippen molar-refractivity contribution in [3.05, 3.63) is 101 Å². The van der Waals surface area contributed by atoms with Gasteiger partial charge in [-0.25, -0.2) is 4.89 Å². The van der Waals surface area contributed by atoms with Gasteiger partial charge in [-0.2, -0.15) is 4.89 Å². The van der Waals surface area contributed by atoms with E-state index in [-0.39, 0.29) is 0 Å². The Bertz CT molecular complexity index is 982. The Labute approximate surface area is 179 Å². The lowest BCUT2D eigenvalue weighted by Crippen LogP contribution is -2.55. The third-order valence-electron chi connectivity index (χ3n) is 5.69. The van der Waals surface area contributed by atoms with Crippen molar-refractivity contribution in [1.82, 2.24) is 0 Å². The molecule has 1 aliphatic rings. The van der Waals surface area contributed by atoms with Crippen molar-refractivity contribution in [3.8, 4) is 0 Å². The lowest BCUT2D eigenvalue weighted by Gasteiger charge is -2.46. The normalized spacial score (nSPS) is 24.3. The van der Waals surface area contributed by atoms with Gasteiger partial charge in [-0.1, -0.05) is 77.9 Å². The van der Waals surface area contributed by atoms with Gasteiger partial charge >= 0.3 is 0 Å². The standard InChI is InChI=1S/C25H26O4S/c1-18-9-13-20(14-10-18)25(21-15-11-19(2)12-16-21)17-23(24(3,26)28-29-25)30(27)22-7-5-4-6-8-22/h4-16,23,26H,17H2,1-3H3/t23-,24+,30?/m0/s1. The summed E-state index contributed by atoms with van der Waals surface area (Å²) in [5.74, 6) is -1.69. The molecular formula is C25H26O4S. The summed E-state index contributed by atoms with van der Waals surface area (Å²) in [4.78, 5) is 12.2. The van der Waals surface area contributed by atoms with E-state index >= 15 is 0 Å². The van der Waals surface area contributed by atoms with Crippen molar-refractivity contribution in [2.24, 2.45) is 0 Å². The van der Waals surface area contributed by atoms with E-state index in [0.717, 1.165) is 22.3 Å². The van der Waals surface area contributed by atoms with Crippen molar-refractivity contribution < 1.29 is 19.1 Å². The van der Waals surface area contributed by atoms with Crippen LogP contribution in [0.1, 0.15) is 35.6 Å². The second-order valence-corrected chi connectivity index (χ2v) is 9.72. The summed E-state index contributed by atoms with van der Waals surface area (Å²) in [5.41, 5.74) is 3.06. The van der Waals surface area contributed by atoms with E-state index in [0.29, 0.717) is 11.3 Å². The maximum Gasteiger partial charge on any atom is 0.211 e. The highest BCUT2D eigenvalue weighted by Gasteiger charge is 2.53. The van der Waals surface area contributed by atoms with E-state index in [1.54, 1.807) is 12.1 Å². The van der Waals surface area contributed by atoms with Crippen LogP contribution < -0.4 is 0 Å². The van der Waals surface area contributed by atoms with Crippen molar-refractivity contribution >= 4 is 10.8 Å². The van der Waals surface area contributed by atoms with Gasteiger partial charge in [-0.05, 0) is 44.0 Å². The fourth-order valence-corrected chi connectivity index (χ4v) is 5.41. The molecule has 3 atom stereocenters. The van der Waals surface area contributed by atoms with Crippen LogP contribution in [0.2, 0.25) is 0 Å². The van der Waals surface area contributed by atoms with Gasteiger partial charge in [-0.3, -0.25) is 4.21 Å². The van der Waals surface area contributed by atoms with Gasteiger partial charge < -0.3 is 5.11 Å². The third kappa shape index (κ3) is 3.86. The Hall–Kier alpha value is -2.31. The zero-order chi connectivity index (χ0) is 21.4. The molecule has 0 saturated carbocycles. The highest BCUT2D eigenvalue weighted by atomic mass is 32.2. The first kappa shape index (κ1) is 20.9. The van der Waals surface area contributed by atoms with Crippen LogP contribution in [0.15, 0.2) is 83.8 Å². The first-order valence-corrected chi connectivity index (χ1v) is 11.2. The zero-order valence-electron chi connectivity index (χ0n) is 17.4. The molecule has 1 unspecified atom stereocenters. The minimum atomic E-state index is -1.69. The molecule has 0 aromatic heterocycles. The number of aliphatic hydroxyl groups is 1. The van der Waals surface area contributed by atoms with Gasteiger partial charge in [0.25, 0.3) is 0 Å². The van der Waals surface area contributed by atoms with Crippen molar-refractivity contribution in [3.63, 3.8) is 0 Å². The molecule has 0 bridgehead atoms. The molecule has 30 heavy (non-hydrogen) atoms. The van der Waals surface area contributed by atoms with Crippen molar-refractivity contribution in [2.75, 3.05) is 0 Å². The van der Waals surface area contributed by atoms with E-state index in [2.05, 4.69) is 0 Å². The Kier molecular flexibility index (Phi) is 5.64. The minimum absolute atomic E-state index is 0.299. The summed E-state index contributed by atoms with van der Waals surface area (Å²) in [5, 5.41) is 10.2. The number of aryl methyl sites for hydroxylation is 2. The van der Waals surface area contributed by atoms with Crippen LogP contribution in [-0.2, 0) is 26.2 Å². The number of hydrogen-bond acceptors (Lipinski definition) is 4. The molecule has 0 spiro atoms. The molecule has 4 rings (SSSR count). The fraction of sp³-hybridized carbons (Fsp3) is 0.280. The predicted molar refractivity (Wildman–Crippen MR) is 117 cm³/mol. The maximum absolute atomic E-state index is 13.5. The van der Waals surface area contributed by atoms with Crippen LogP contribution in [0.5, 0.6) is 0 Å². The number of hydrogen-bond donors (Lipinski definition) is 1. The second kappa shape index (κ2) is 8.08. The molecule has 3 aromatic carbocycles. The molecule has 0 amide bonds. The fourth-order valence-electron chi connectivity index (χ4n) is 3.83. The number of benzene rings is 3. The molecule has 3 aromatic rings. The Morgan fingerprint density at radius 2 is 1.33 bits per heavy atom. The molecule has 1 heterocycles. The van der Waals surface area contributed by atoms with Gasteiger partial charge in [0.2, 0.25) is 5.79 Å². The lowest BCUT2D eigenvalue weighted by atomic mass is 9.80. The Balaban J connectivity index is 1.83. The molecule has 4 nitrogen and oxygen atoms in total. The molecule has 0 radical (unpaired) electrons. The SMILES string of the molecule is Cc1ccc(C2(c3ccc(C)cc3)C[C@H](S(=O)c3ccccc3)[C@](C)(O)OO2)cc1. The predicted octanol–water partition coefficient (Wildman–Crippen LogP) is 4.78. The summed E-state index contributed by atoms with van der Waals surface area (Å²) in [7, 11) is -1.50. The molecular weight excluding hydrogens is 396 g/mol. The van der Waals surface area contributed by atoms with Crippen LogP contribution in [0.4, 0.5) is 0 Å². The minimum Gasteiger partial charge on any atom is -0.363 e. The van der Waals surface area contributed by atoms with Gasteiger partial charge in [-0.15, -0.1) is 0 Å². The summed E-state index contributed by atoms with van der Waals surface area (Å²) >= 11 is 0. The average molecular weight is 423 g/mol. The summed E-state index contributed by atoms with van der Waals surface area (Å²) in [6.45, 7) is 5.56. The molecule has 1 aliphatic heterocycles. The highest BCUT2D eigenvalue weighted by Crippen LogP contribution is 2.46. The second-order valence-electron chi connectivity index (χ2n) is 8.08. The molecule has 1 fully saturated rings. The summed E-state index contributed by atoms with van der Waals surface area (Å²) in [6.07, 6.45) is 0.299. The van der Waals surface area contributed by atoms with Crippen molar-refractivity contribution in [2.45, 2.75) is 48.7 Å². The van der Waals surface area contributed by atoms with E-state index in [1.807, 2.05) is 80.6 Å². The van der Waals surface area contributed by atoms with E-state index < -0.39 is 27.4 Å². The van der Waals surface area contributed by atoms with Crippen LogP contribution in [0, 0.1) is 13.8 Å². The van der Waals surface area contributed by atoms with E-state index in [9.17, 15) is 9.32 Å². The Morgan fingerprint density at radius 1 is 0.833 bits per heavy atom. The monoisotopic (exact) mass is 422 g/mol. The van der Waals surface area contributed by atoms with Crippen LogP contribution in [0.25, 0.3) is 0 Å². The van der Waals surface area contributed by atoms with Crippen LogP contribution in [-0.4, -0.2) is 20.4 Å². The van der Waals surface area contributed by atoms with Gasteiger partial charge in [0.15, 0.2) is 5.60 Å². The lowest BCUT2D eigenvalue weighted by molar-refractivity contribution is -0.475. The van der Waals surface area contributed by atoms with E-state index in [4.69, 9.17) is 9.78 Å². The smallest absolute Gasteiger partial charge is 0.211 e. The largest absolute Gasteiger partial charge is 0.363 e. The Morgan fingerprint density at radius 3 is 1.83 bits per heavy atom. The molecule has 1 N–H and O–H groups in total. The number of rotatable bonds is 4. The van der Waals surface area contributed by atoms with Gasteiger partial charge in [0.1, 0.15) is 0 Å². The first-order valence-electron chi connectivity index (χ1n) is 10.0. The van der Waals surface area contributed by atoms with Crippen molar-refractivity contribution in [1.29, 1.82) is 0 Å². The van der Waals surface area contributed by atoms with Crippen LogP contribution >= 0.6 is 0 Å². The van der Waals surface area contributed by atoms with E-state index in [1.165, 1.54) is 6.92 Å². The molecule has 5 heteroatoms. The van der Waals surface area contributed by atoms with Crippen LogP contribution in [0.3, 0.4) is 0 Å². The topological polar surface area (TPSA) is 55.8 Å². The first-order chi connectivity index (χ1) is 14.3. The molecule has 156 valence electrons. The van der Waals surface area contributed by atoms with Gasteiger partial charge in [0.05, 0.1) is 16.0 Å². The van der Waals surface area contributed by atoms with Gasteiger partial charge in [0, 0.05) is 11.3 Å². The highest BCUT2D eigenvalue weighted by molar-refractivity contribution is 7.85. The zero-order valence-corrected chi connectivity index (χ0v) is 18.2. The summed E-state index contributed by atoms with van der Waals surface area (Å²) < 4.78 is 13.5. The summed E-state index contributed by atoms with van der Waals surface area (Å²) in [6, 6.07) is 25.3. The average Bonchev–Trinajstić information content (AvgIpc) is 2.75. The third-order valence-corrected chi connectivity index (χ3v) is 7.55. The maximum atomic E-state index is 13.5. The quantitative estimate of drug-likeness (QED) is 0.615. The molecule has 1 saturated heterocycles.